The van der Waals surface area contributed by atoms with Crippen molar-refractivity contribution in [2.24, 2.45) is 5.92 Å². The molecular weight excluding hydrogens is 391 g/mol. The van der Waals surface area contributed by atoms with Crippen molar-refractivity contribution in [3.63, 3.8) is 0 Å². The molecule has 8 heteroatoms. The van der Waals surface area contributed by atoms with E-state index in [4.69, 9.17) is 4.42 Å². The second-order valence-corrected chi connectivity index (χ2v) is 8.33. The first kappa shape index (κ1) is 19.5. The Morgan fingerprint density at radius 3 is 2.79 bits per heavy atom. The van der Waals surface area contributed by atoms with Gasteiger partial charge >= 0.3 is 0 Å². The fourth-order valence-corrected chi connectivity index (χ4v) is 3.93. The van der Waals surface area contributed by atoms with E-state index in [1.807, 2.05) is 26.0 Å². The summed E-state index contributed by atoms with van der Waals surface area (Å²) in [4.78, 5) is 4.41. The summed E-state index contributed by atoms with van der Waals surface area (Å²) in [5.74, 6) is 0.572. The van der Waals surface area contributed by atoms with Crippen LogP contribution in [0.4, 0.5) is 4.39 Å². The van der Waals surface area contributed by atoms with Gasteiger partial charge < -0.3 is 4.42 Å². The first-order chi connectivity index (χ1) is 14.0. The maximum atomic E-state index is 14.1. The van der Waals surface area contributed by atoms with E-state index in [1.54, 1.807) is 41.2 Å². The molecule has 0 aliphatic heterocycles. The van der Waals surface area contributed by atoms with Crippen LogP contribution >= 0.6 is 0 Å². The summed E-state index contributed by atoms with van der Waals surface area (Å²) in [6.45, 7) is 4.95. The molecule has 1 unspecified atom stereocenters. The Morgan fingerprint density at radius 2 is 2.00 bits per heavy atom. The minimum atomic E-state index is -1.43. The van der Waals surface area contributed by atoms with E-state index in [2.05, 4.69) is 14.8 Å². The van der Waals surface area contributed by atoms with Crippen molar-refractivity contribution in [2.75, 3.05) is 6.54 Å². The zero-order valence-electron chi connectivity index (χ0n) is 16.1. The fraction of sp³-hybridized carbons (Fsp3) is 0.238. The summed E-state index contributed by atoms with van der Waals surface area (Å²) in [5, 5.41) is 5.73. The number of fused-ring (bicyclic) bond motifs is 1. The molecule has 4 rings (SSSR count). The number of nitrogens with one attached hydrogen (secondary N) is 1. The number of halogens is 1. The molecule has 0 aliphatic rings. The van der Waals surface area contributed by atoms with Crippen LogP contribution in [0.2, 0.25) is 0 Å². The highest BCUT2D eigenvalue weighted by Crippen LogP contribution is 2.29. The molecule has 1 N–H and O–H groups in total. The van der Waals surface area contributed by atoms with Crippen molar-refractivity contribution in [1.29, 1.82) is 0 Å². The highest BCUT2D eigenvalue weighted by Gasteiger charge is 2.18. The molecule has 150 valence electrons. The van der Waals surface area contributed by atoms with Crippen molar-refractivity contribution in [1.82, 2.24) is 19.5 Å². The second-order valence-electron chi connectivity index (χ2n) is 7.10. The third-order valence-corrected chi connectivity index (χ3v) is 5.42. The van der Waals surface area contributed by atoms with Gasteiger partial charge in [0, 0.05) is 18.3 Å². The summed E-state index contributed by atoms with van der Waals surface area (Å²) >= 11 is 0. The Hall–Kier alpha value is -2.84. The summed E-state index contributed by atoms with van der Waals surface area (Å²) in [6, 6.07) is 13.7. The molecule has 0 spiro atoms. The van der Waals surface area contributed by atoms with Gasteiger partial charge in [-0.3, -0.25) is 0 Å². The van der Waals surface area contributed by atoms with E-state index in [9.17, 15) is 8.60 Å². The zero-order valence-corrected chi connectivity index (χ0v) is 16.9. The molecule has 1 atom stereocenters. The molecule has 0 aliphatic carbocycles. The third kappa shape index (κ3) is 4.13. The number of aromatic nitrogens is 3. The quantitative estimate of drug-likeness (QED) is 0.495. The highest BCUT2D eigenvalue weighted by atomic mass is 32.2. The van der Waals surface area contributed by atoms with Gasteiger partial charge in [-0.1, -0.05) is 32.0 Å². The fourth-order valence-electron chi connectivity index (χ4n) is 2.95. The monoisotopic (exact) mass is 412 g/mol. The maximum Gasteiger partial charge on any atom is 0.206 e. The van der Waals surface area contributed by atoms with Crippen LogP contribution in [0.15, 0.2) is 64.2 Å². The first-order valence-corrected chi connectivity index (χ1v) is 10.5. The SMILES string of the molecule is CC(C)CNS(=O)c1ccc(-c2nn(Cc3ccccc3F)c3ncccc23)o1. The van der Waals surface area contributed by atoms with Crippen LogP contribution < -0.4 is 4.72 Å². The van der Waals surface area contributed by atoms with Gasteiger partial charge in [-0.25, -0.2) is 23.0 Å². The molecule has 3 aromatic heterocycles. The lowest BCUT2D eigenvalue weighted by atomic mass is 10.2. The van der Waals surface area contributed by atoms with E-state index in [-0.39, 0.29) is 12.4 Å². The molecule has 4 aromatic rings. The molecule has 0 fully saturated rings. The lowest BCUT2D eigenvalue weighted by Crippen LogP contribution is -2.21. The Kier molecular flexibility index (Phi) is 5.55. The Morgan fingerprint density at radius 1 is 1.17 bits per heavy atom. The van der Waals surface area contributed by atoms with Crippen LogP contribution in [-0.4, -0.2) is 25.5 Å². The van der Waals surface area contributed by atoms with Crippen LogP contribution in [0.5, 0.6) is 0 Å². The Balaban J connectivity index is 1.69. The number of hydrogen-bond donors (Lipinski definition) is 1. The van der Waals surface area contributed by atoms with Crippen molar-refractivity contribution in [3.8, 4) is 11.5 Å². The third-order valence-electron chi connectivity index (χ3n) is 4.41. The highest BCUT2D eigenvalue weighted by molar-refractivity contribution is 7.82. The summed E-state index contributed by atoms with van der Waals surface area (Å²) < 4.78 is 36.9. The van der Waals surface area contributed by atoms with Gasteiger partial charge in [0.05, 0.1) is 11.9 Å². The average molecular weight is 412 g/mol. The van der Waals surface area contributed by atoms with E-state index >= 15 is 0 Å². The van der Waals surface area contributed by atoms with Crippen LogP contribution in [0, 0.1) is 11.7 Å². The van der Waals surface area contributed by atoms with Crippen LogP contribution in [0.25, 0.3) is 22.5 Å². The second kappa shape index (κ2) is 8.26. The Labute approximate surface area is 170 Å². The lowest BCUT2D eigenvalue weighted by molar-refractivity contribution is 0.472. The number of nitrogens with zero attached hydrogens (tertiary/aromatic N) is 3. The molecule has 0 amide bonds. The van der Waals surface area contributed by atoms with Crippen LogP contribution in [0.3, 0.4) is 0 Å². The molecule has 1 aromatic carbocycles. The molecule has 0 bridgehead atoms. The predicted molar refractivity (Wildman–Crippen MR) is 110 cm³/mol. The van der Waals surface area contributed by atoms with Crippen molar-refractivity contribution in [2.45, 2.75) is 25.5 Å². The van der Waals surface area contributed by atoms with Crippen LogP contribution in [-0.2, 0) is 17.5 Å². The number of hydrogen-bond acceptors (Lipinski definition) is 4. The van der Waals surface area contributed by atoms with Crippen molar-refractivity contribution < 1.29 is 13.0 Å². The topological polar surface area (TPSA) is 73.0 Å². The molecular formula is C21H21FN4O2S. The number of rotatable bonds is 7. The van der Waals surface area contributed by atoms with Gasteiger partial charge in [0.1, 0.15) is 11.5 Å². The molecule has 0 radical (unpaired) electrons. The normalized spacial score (nSPS) is 12.7. The zero-order chi connectivity index (χ0) is 20.4. The maximum absolute atomic E-state index is 14.1. The lowest BCUT2D eigenvalue weighted by Gasteiger charge is -2.04. The van der Waals surface area contributed by atoms with Crippen LogP contribution in [0.1, 0.15) is 19.4 Å². The van der Waals surface area contributed by atoms with E-state index in [0.29, 0.717) is 40.2 Å². The van der Waals surface area contributed by atoms with Gasteiger partial charge in [0.2, 0.25) is 5.09 Å². The summed E-state index contributed by atoms with van der Waals surface area (Å²) in [7, 11) is -1.43. The van der Waals surface area contributed by atoms with E-state index in [0.717, 1.165) is 5.39 Å². The number of pyridine rings is 1. The van der Waals surface area contributed by atoms with Gasteiger partial charge in [0.15, 0.2) is 22.4 Å². The molecule has 29 heavy (non-hydrogen) atoms. The van der Waals surface area contributed by atoms with Gasteiger partial charge in [-0.15, -0.1) is 0 Å². The summed E-state index contributed by atoms with van der Waals surface area (Å²) in [6.07, 6.45) is 1.67. The molecule has 3 heterocycles. The van der Waals surface area contributed by atoms with E-state index < -0.39 is 11.0 Å². The standard InChI is InChI=1S/C21H21FN4O2S/c1-14(2)12-24-29(27)19-10-9-18(28-19)20-16-7-5-11-23-21(16)26(25-20)13-15-6-3-4-8-17(15)22/h3-11,14,24H,12-13H2,1-2H3. The summed E-state index contributed by atoms with van der Waals surface area (Å²) in [5.41, 5.74) is 1.73. The van der Waals surface area contributed by atoms with Crippen molar-refractivity contribution in [3.05, 3.63) is 66.1 Å². The van der Waals surface area contributed by atoms with Gasteiger partial charge in [-0.2, -0.15) is 5.10 Å². The first-order valence-electron chi connectivity index (χ1n) is 9.33. The smallest absolute Gasteiger partial charge is 0.206 e. The number of furan rings is 1. The largest absolute Gasteiger partial charge is 0.444 e. The average Bonchev–Trinajstić information content (AvgIpc) is 3.33. The minimum absolute atomic E-state index is 0.246. The van der Waals surface area contributed by atoms with Gasteiger partial charge in [0.25, 0.3) is 0 Å². The van der Waals surface area contributed by atoms with Gasteiger partial charge in [-0.05, 0) is 36.2 Å². The van der Waals surface area contributed by atoms with Crippen molar-refractivity contribution >= 4 is 22.0 Å². The number of benzene rings is 1. The Bertz CT molecular complexity index is 1170. The molecule has 0 saturated carbocycles. The molecule has 0 saturated heterocycles. The predicted octanol–water partition coefficient (Wildman–Crippen LogP) is 4.15. The van der Waals surface area contributed by atoms with E-state index in [1.165, 1.54) is 6.07 Å². The molecule has 6 nitrogen and oxygen atoms in total. The minimum Gasteiger partial charge on any atom is -0.444 e.